The van der Waals surface area contributed by atoms with E-state index in [4.69, 9.17) is 0 Å². The Hall–Kier alpha value is -1.84. The average molecular weight is 406 g/mol. The van der Waals surface area contributed by atoms with E-state index in [0.717, 1.165) is 42.2 Å². The van der Waals surface area contributed by atoms with Crippen molar-refractivity contribution in [3.8, 4) is 0 Å². The van der Waals surface area contributed by atoms with E-state index in [9.17, 15) is 14.9 Å². The lowest BCUT2D eigenvalue weighted by molar-refractivity contribution is -0.384. The molecular formula is C17H15N3O3S3. The minimum atomic E-state index is -0.390. The van der Waals surface area contributed by atoms with Crippen molar-refractivity contribution in [3.63, 3.8) is 0 Å². The van der Waals surface area contributed by atoms with Crippen LogP contribution >= 0.6 is 34.9 Å². The number of hydrogen-bond donors (Lipinski definition) is 0. The topological polar surface area (TPSA) is 78.0 Å². The molecule has 0 saturated heterocycles. The van der Waals surface area contributed by atoms with E-state index in [1.807, 2.05) is 13.8 Å². The Balaban J connectivity index is 1.62. The molecule has 4 rings (SSSR count). The van der Waals surface area contributed by atoms with Crippen LogP contribution in [0.3, 0.4) is 0 Å². The van der Waals surface area contributed by atoms with E-state index in [0.29, 0.717) is 0 Å². The highest BCUT2D eigenvalue weighted by Gasteiger charge is 2.28. The van der Waals surface area contributed by atoms with Crippen molar-refractivity contribution >= 4 is 50.8 Å². The second-order valence-corrected chi connectivity index (χ2v) is 9.34. The molecule has 1 aromatic carbocycles. The highest BCUT2D eigenvalue weighted by Crippen LogP contribution is 2.40. The number of hydrogen-bond acceptors (Lipinski definition) is 7. The van der Waals surface area contributed by atoms with Crippen LogP contribution in [-0.2, 0) is 0 Å². The second-order valence-electron chi connectivity index (χ2n) is 6.06. The molecule has 0 unspecified atom stereocenters. The average Bonchev–Trinajstić information content (AvgIpc) is 3.15. The Kier molecular flexibility index (Phi) is 4.54. The molecule has 0 fully saturated rings. The molecule has 0 N–H and O–H groups in total. The maximum Gasteiger partial charge on any atom is 0.282 e. The maximum absolute atomic E-state index is 12.4. The van der Waals surface area contributed by atoms with Gasteiger partial charge in [-0.25, -0.2) is 0 Å². The third kappa shape index (κ3) is 2.93. The minimum absolute atomic E-state index is 0.101. The van der Waals surface area contributed by atoms with Gasteiger partial charge in [-0.3, -0.25) is 14.9 Å². The first-order valence-electron chi connectivity index (χ1n) is 7.98. The van der Waals surface area contributed by atoms with Crippen LogP contribution in [0.2, 0.25) is 0 Å². The molecule has 1 atom stereocenters. The smallest absolute Gasteiger partial charge is 0.282 e. The molecule has 1 aliphatic heterocycles. The number of benzene rings is 1. The Labute approximate surface area is 161 Å². The number of thiophene rings is 1. The van der Waals surface area contributed by atoms with Gasteiger partial charge in [0.2, 0.25) is 0 Å². The van der Waals surface area contributed by atoms with Crippen molar-refractivity contribution < 1.29 is 4.92 Å². The zero-order valence-corrected chi connectivity index (χ0v) is 16.5. The molecule has 0 saturated carbocycles. The summed E-state index contributed by atoms with van der Waals surface area (Å²) in [5.41, 5.74) is 0.990. The van der Waals surface area contributed by atoms with Crippen molar-refractivity contribution in [1.29, 1.82) is 0 Å². The largest absolute Gasteiger partial charge is 0.307 e. The summed E-state index contributed by atoms with van der Waals surface area (Å²) < 4.78 is 2.20. The van der Waals surface area contributed by atoms with Crippen molar-refractivity contribution in [2.75, 3.05) is 11.5 Å². The van der Waals surface area contributed by atoms with Crippen LogP contribution < -0.4 is 5.56 Å². The van der Waals surface area contributed by atoms with Crippen LogP contribution in [0.4, 0.5) is 5.69 Å². The quantitative estimate of drug-likeness (QED) is 0.277. The molecule has 0 bridgehead atoms. The molecular weight excluding hydrogens is 390 g/mol. The zero-order chi connectivity index (χ0) is 18.4. The number of nitro benzene ring substituents is 1. The molecule has 0 spiro atoms. The van der Waals surface area contributed by atoms with Crippen molar-refractivity contribution in [2.45, 2.75) is 29.9 Å². The first-order valence-corrected chi connectivity index (χ1v) is 10.8. The number of nitro groups is 1. The van der Waals surface area contributed by atoms with E-state index in [1.54, 1.807) is 47.0 Å². The SMILES string of the molecule is Cc1sc2c(c1C)c(=O)nc1n2[C@H](CSc2ccc([N+](=O)[O-])cc2)CS1. The van der Waals surface area contributed by atoms with E-state index in [1.165, 1.54) is 12.1 Å². The van der Waals surface area contributed by atoms with Crippen molar-refractivity contribution in [3.05, 3.63) is 55.2 Å². The van der Waals surface area contributed by atoms with Gasteiger partial charge in [-0.1, -0.05) is 11.8 Å². The predicted molar refractivity (Wildman–Crippen MR) is 107 cm³/mol. The van der Waals surface area contributed by atoms with Crippen molar-refractivity contribution in [1.82, 2.24) is 9.55 Å². The van der Waals surface area contributed by atoms with E-state index < -0.39 is 4.92 Å². The van der Waals surface area contributed by atoms with E-state index in [2.05, 4.69) is 9.55 Å². The van der Waals surface area contributed by atoms with Gasteiger partial charge in [0.25, 0.3) is 11.2 Å². The van der Waals surface area contributed by atoms with Gasteiger partial charge in [-0.15, -0.1) is 23.1 Å². The summed E-state index contributed by atoms with van der Waals surface area (Å²) >= 11 is 4.94. The highest BCUT2D eigenvalue weighted by molar-refractivity contribution is 8.00. The summed E-state index contributed by atoms with van der Waals surface area (Å²) in [5.74, 6) is 1.70. The van der Waals surface area contributed by atoms with Gasteiger partial charge in [0.1, 0.15) is 4.83 Å². The second kappa shape index (κ2) is 6.71. The molecule has 2 aromatic heterocycles. The molecule has 3 heterocycles. The van der Waals surface area contributed by atoms with Gasteiger partial charge in [-0.05, 0) is 31.5 Å². The van der Waals surface area contributed by atoms with Gasteiger partial charge in [0.05, 0.1) is 16.4 Å². The van der Waals surface area contributed by atoms with E-state index >= 15 is 0 Å². The standard InChI is InChI=1S/C17H15N3O3S3/c1-9-10(2)26-16-14(9)15(21)18-17-19(16)12(8-25-17)7-24-13-5-3-11(4-6-13)20(22)23/h3-6,12H,7-8H2,1-2H3/t12-/m1/s1. The number of rotatable bonds is 4. The minimum Gasteiger partial charge on any atom is -0.307 e. The molecule has 134 valence electrons. The molecule has 3 aromatic rings. The van der Waals surface area contributed by atoms with Crippen molar-refractivity contribution in [2.24, 2.45) is 0 Å². The van der Waals surface area contributed by atoms with Crippen LogP contribution in [0.5, 0.6) is 0 Å². The lowest BCUT2D eigenvalue weighted by Crippen LogP contribution is -2.16. The summed E-state index contributed by atoms with van der Waals surface area (Å²) in [6.45, 7) is 4.02. The summed E-state index contributed by atoms with van der Waals surface area (Å²) in [6, 6.07) is 6.86. The van der Waals surface area contributed by atoms with Crippen LogP contribution in [0.15, 0.2) is 39.1 Å². The third-order valence-corrected chi connectivity index (χ3v) is 7.92. The lowest BCUT2D eigenvalue weighted by Gasteiger charge is -2.14. The number of aromatic nitrogens is 2. The van der Waals surface area contributed by atoms with Crippen LogP contribution in [0.1, 0.15) is 16.5 Å². The van der Waals surface area contributed by atoms with Gasteiger partial charge in [0.15, 0.2) is 5.16 Å². The Morgan fingerprint density at radius 3 is 2.77 bits per heavy atom. The van der Waals surface area contributed by atoms with E-state index in [-0.39, 0.29) is 17.3 Å². The number of aryl methyl sites for hydroxylation is 2. The Morgan fingerprint density at radius 1 is 1.35 bits per heavy atom. The third-order valence-electron chi connectivity index (χ3n) is 4.46. The number of fused-ring (bicyclic) bond motifs is 3. The normalized spacial score (nSPS) is 16.2. The lowest BCUT2D eigenvalue weighted by atomic mass is 10.2. The molecule has 1 aliphatic rings. The fourth-order valence-electron chi connectivity index (χ4n) is 2.96. The number of nitrogens with zero attached hydrogens (tertiary/aromatic N) is 3. The van der Waals surface area contributed by atoms with Crippen LogP contribution in [-0.4, -0.2) is 26.0 Å². The first-order chi connectivity index (χ1) is 12.5. The monoisotopic (exact) mass is 405 g/mol. The van der Waals surface area contributed by atoms with Gasteiger partial charge < -0.3 is 4.57 Å². The molecule has 0 radical (unpaired) electrons. The van der Waals surface area contributed by atoms with Gasteiger partial charge >= 0.3 is 0 Å². The maximum atomic E-state index is 12.4. The predicted octanol–water partition coefficient (Wildman–Crippen LogP) is 4.42. The molecule has 0 amide bonds. The summed E-state index contributed by atoms with van der Waals surface area (Å²) in [4.78, 5) is 30.2. The fraction of sp³-hybridized carbons (Fsp3) is 0.294. The van der Waals surface area contributed by atoms with Gasteiger partial charge in [-0.2, -0.15) is 4.98 Å². The summed E-state index contributed by atoms with van der Waals surface area (Å²) in [7, 11) is 0. The zero-order valence-electron chi connectivity index (χ0n) is 14.1. The summed E-state index contributed by atoms with van der Waals surface area (Å²) in [5, 5.41) is 12.3. The fourth-order valence-corrected chi connectivity index (χ4v) is 6.51. The number of non-ortho nitro benzene ring substituents is 1. The molecule has 6 nitrogen and oxygen atoms in total. The summed E-state index contributed by atoms with van der Waals surface area (Å²) in [6.07, 6.45) is 0. The molecule has 0 aliphatic carbocycles. The van der Waals surface area contributed by atoms with Gasteiger partial charge in [0, 0.05) is 33.4 Å². The molecule has 26 heavy (non-hydrogen) atoms. The number of thioether (sulfide) groups is 2. The Morgan fingerprint density at radius 2 is 2.08 bits per heavy atom. The van der Waals surface area contributed by atoms with Crippen LogP contribution in [0, 0.1) is 24.0 Å². The molecule has 9 heteroatoms. The first kappa shape index (κ1) is 17.6. The highest BCUT2D eigenvalue weighted by atomic mass is 32.2. The van der Waals surface area contributed by atoms with Crippen LogP contribution in [0.25, 0.3) is 10.2 Å². The Bertz CT molecular complexity index is 1070.